The Bertz CT molecular complexity index is 487. The maximum atomic E-state index is 12.2. The highest BCUT2D eigenvalue weighted by Crippen LogP contribution is 2.71. The van der Waals surface area contributed by atoms with Gasteiger partial charge < -0.3 is 4.74 Å². The average molecular weight is 260 g/mol. The van der Waals surface area contributed by atoms with Crippen LogP contribution in [0.5, 0.6) is 0 Å². The Hall–Kier alpha value is -0.790. The number of fused-ring (bicyclic) bond motifs is 3. The van der Waals surface area contributed by atoms with Gasteiger partial charge in [0.2, 0.25) is 0 Å². The fourth-order valence-electron chi connectivity index (χ4n) is 5.32. The molecule has 0 N–H and O–H groups in total. The topological polar surface area (TPSA) is 26.3 Å². The van der Waals surface area contributed by atoms with Gasteiger partial charge in [0.05, 0.1) is 0 Å². The molecule has 0 aromatic carbocycles. The third-order valence-corrected chi connectivity index (χ3v) is 6.57. The summed E-state index contributed by atoms with van der Waals surface area (Å²) in [7, 11) is 0. The Kier molecular flexibility index (Phi) is 2.18. The number of hydrogen-bond donors (Lipinski definition) is 0. The second kappa shape index (κ2) is 3.45. The van der Waals surface area contributed by atoms with Crippen molar-refractivity contribution in [3.63, 3.8) is 0 Å². The summed E-state index contributed by atoms with van der Waals surface area (Å²) < 4.78 is 6.40. The molecule has 104 valence electrons. The molecule has 0 spiro atoms. The predicted octanol–water partition coefficient (Wildman–Crippen LogP) is 3.85. The van der Waals surface area contributed by atoms with Gasteiger partial charge in [-0.05, 0) is 49.9 Å². The molecule has 0 aromatic heterocycles. The molecule has 19 heavy (non-hydrogen) atoms. The molecule has 2 nitrogen and oxygen atoms in total. The van der Waals surface area contributed by atoms with Crippen molar-refractivity contribution in [2.75, 3.05) is 0 Å². The lowest BCUT2D eigenvalue weighted by molar-refractivity contribution is -0.122. The number of hydrogen-bond acceptors (Lipinski definition) is 2. The Morgan fingerprint density at radius 3 is 2.74 bits per heavy atom. The van der Waals surface area contributed by atoms with Crippen molar-refractivity contribution >= 4 is 5.78 Å². The van der Waals surface area contributed by atoms with E-state index in [0.29, 0.717) is 17.1 Å². The number of carbonyl (C=O) groups excluding carboxylic acids is 1. The Balaban J connectivity index is 1.71. The minimum Gasteiger partial charge on any atom is -0.491 e. The highest BCUT2D eigenvalue weighted by molar-refractivity contribution is 5.96. The van der Waals surface area contributed by atoms with Crippen LogP contribution in [-0.4, -0.2) is 11.4 Å². The lowest BCUT2D eigenvalue weighted by Gasteiger charge is -2.47. The number of rotatable bonds is 0. The first-order chi connectivity index (χ1) is 8.93. The quantitative estimate of drug-likeness (QED) is 0.661. The molecule has 2 saturated carbocycles. The second-order valence-electron chi connectivity index (χ2n) is 7.90. The molecular formula is C17H24O2. The van der Waals surface area contributed by atoms with E-state index in [-0.39, 0.29) is 5.60 Å². The van der Waals surface area contributed by atoms with E-state index in [4.69, 9.17) is 4.74 Å². The summed E-state index contributed by atoms with van der Waals surface area (Å²) in [6.45, 7) is 7.10. The zero-order valence-electron chi connectivity index (χ0n) is 12.3. The standard InChI is InChI=1S/C17H24O2/c1-16(2)11-7-8-17(3)12(15(11)16)9-10-13(18)5-4-6-14(10)19-17/h11-12,15H,4-9H2,1-3H3/t11-,12+,15-,17-/m0/s1. The molecule has 4 rings (SSSR count). The van der Waals surface area contributed by atoms with E-state index in [2.05, 4.69) is 20.8 Å². The summed E-state index contributed by atoms with van der Waals surface area (Å²) in [6.07, 6.45) is 6.18. The van der Waals surface area contributed by atoms with Crippen molar-refractivity contribution in [3.05, 3.63) is 11.3 Å². The summed E-state index contributed by atoms with van der Waals surface area (Å²) in [5, 5.41) is 0. The van der Waals surface area contributed by atoms with E-state index < -0.39 is 0 Å². The van der Waals surface area contributed by atoms with Gasteiger partial charge in [0, 0.05) is 24.3 Å². The normalized spacial score (nSPS) is 46.9. The highest BCUT2D eigenvalue weighted by Gasteiger charge is 2.68. The SMILES string of the molecule is CC1(C)[C@@H]2[C@H]3CC4=C(CCCC4=O)O[C@@]3(C)CC[C@@H]21. The van der Waals surface area contributed by atoms with Gasteiger partial charge >= 0.3 is 0 Å². The molecule has 0 radical (unpaired) electrons. The Morgan fingerprint density at radius 2 is 1.95 bits per heavy atom. The van der Waals surface area contributed by atoms with Crippen LogP contribution in [0.15, 0.2) is 11.3 Å². The Labute approximate surface area is 115 Å². The fraction of sp³-hybridized carbons (Fsp3) is 0.824. The molecule has 0 unspecified atom stereocenters. The van der Waals surface area contributed by atoms with E-state index in [0.717, 1.165) is 48.9 Å². The second-order valence-corrected chi connectivity index (χ2v) is 7.90. The predicted molar refractivity (Wildman–Crippen MR) is 73.5 cm³/mol. The monoisotopic (exact) mass is 260 g/mol. The first-order valence-corrected chi connectivity index (χ1v) is 7.88. The van der Waals surface area contributed by atoms with Gasteiger partial charge in [-0.15, -0.1) is 0 Å². The minimum atomic E-state index is 0.00535. The van der Waals surface area contributed by atoms with E-state index in [1.54, 1.807) is 0 Å². The van der Waals surface area contributed by atoms with Crippen LogP contribution in [0.1, 0.15) is 59.3 Å². The van der Waals surface area contributed by atoms with Crippen LogP contribution in [0.4, 0.5) is 0 Å². The molecule has 1 heterocycles. The molecule has 4 atom stereocenters. The summed E-state index contributed by atoms with van der Waals surface area (Å²) in [5.41, 5.74) is 1.53. The maximum absolute atomic E-state index is 12.2. The van der Waals surface area contributed by atoms with E-state index in [1.807, 2.05) is 0 Å². The lowest BCUT2D eigenvalue weighted by Crippen LogP contribution is -2.46. The zero-order chi connectivity index (χ0) is 13.4. The van der Waals surface area contributed by atoms with E-state index in [9.17, 15) is 4.79 Å². The number of carbonyl (C=O) groups is 1. The molecule has 3 aliphatic carbocycles. The van der Waals surface area contributed by atoms with Crippen molar-refractivity contribution in [1.29, 1.82) is 0 Å². The summed E-state index contributed by atoms with van der Waals surface area (Å²) in [4.78, 5) is 12.2. The largest absolute Gasteiger partial charge is 0.491 e. The van der Waals surface area contributed by atoms with E-state index >= 15 is 0 Å². The van der Waals surface area contributed by atoms with Crippen LogP contribution in [0.25, 0.3) is 0 Å². The number of allylic oxidation sites excluding steroid dienone is 2. The van der Waals surface area contributed by atoms with Gasteiger partial charge in [0.25, 0.3) is 0 Å². The third kappa shape index (κ3) is 1.46. The smallest absolute Gasteiger partial charge is 0.162 e. The van der Waals surface area contributed by atoms with Crippen molar-refractivity contribution in [2.45, 2.75) is 64.9 Å². The van der Waals surface area contributed by atoms with Crippen LogP contribution in [0.3, 0.4) is 0 Å². The molecular weight excluding hydrogens is 236 g/mol. The molecule has 0 aromatic rings. The van der Waals surface area contributed by atoms with Crippen LogP contribution in [-0.2, 0) is 9.53 Å². The van der Waals surface area contributed by atoms with Gasteiger partial charge in [-0.2, -0.15) is 0 Å². The summed E-state index contributed by atoms with van der Waals surface area (Å²) >= 11 is 0. The summed E-state index contributed by atoms with van der Waals surface area (Å²) in [5.74, 6) is 3.63. The molecule has 0 amide bonds. The van der Waals surface area contributed by atoms with Gasteiger partial charge in [-0.1, -0.05) is 13.8 Å². The molecule has 0 saturated heterocycles. The molecule has 0 bridgehead atoms. The van der Waals surface area contributed by atoms with Crippen LogP contribution in [0.2, 0.25) is 0 Å². The minimum absolute atomic E-state index is 0.00535. The zero-order valence-corrected chi connectivity index (χ0v) is 12.3. The van der Waals surface area contributed by atoms with Crippen molar-refractivity contribution < 1.29 is 9.53 Å². The average Bonchev–Trinajstić information content (AvgIpc) is 2.90. The highest BCUT2D eigenvalue weighted by atomic mass is 16.5. The summed E-state index contributed by atoms with van der Waals surface area (Å²) in [6, 6.07) is 0. The van der Waals surface area contributed by atoms with Gasteiger partial charge in [-0.3, -0.25) is 4.79 Å². The van der Waals surface area contributed by atoms with Crippen LogP contribution >= 0.6 is 0 Å². The maximum Gasteiger partial charge on any atom is 0.162 e. The first kappa shape index (κ1) is 12.0. The van der Waals surface area contributed by atoms with Crippen molar-refractivity contribution in [1.82, 2.24) is 0 Å². The van der Waals surface area contributed by atoms with E-state index in [1.165, 1.54) is 12.8 Å². The van der Waals surface area contributed by atoms with Crippen LogP contribution in [0, 0.1) is 23.2 Å². The first-order valence-electron chi connectivity index (χ1n) is 7.88. The number of Topliss-reactive ketones (excluding diaryl/α,β-unsaturated/α-hetero) is 1. The van der Waals surface area contributed by atoms with Gasteiger partial charge in [-0.25, -0.2) is 0 Å². The fourth-order valence-corrected chi connectivity index (χ4v) is 5.32. The number of ketones is 1. The molecule has 1 aliphatic heterocycles. The van der Waals surface area contributed by atoms with Crippen molar-refractivity contribution in [2.24, 2.45) is 23.2 Å². The Morgan fingerprint density at radius 1 is 1.16 bits per heavy atom. The van der Waals surface area contributed by atoms with Gasteiger partial charge in [0.1, 0.15) is 11.4 Å². The molecule has 4 aliphatic rings. The molecule has 2 heteroatoms. The van der Waals surface area contributed by atoms with Crippen LogP contribution < -0.4 is 0 Å². The van der Waals surface area contributed by atoms with Crippen molar-refractivity contribution in [3.8, 4) is 0 Å². The molecule has 2 fully saturated rings. The van der Waals surface area contributed by atoms with Gasteiger partial charge in [0.15, 0.2) is 5.78 Å². The lowest BCUT2D eigenvalue weighted by atomic mass is 9.69. The number of ether oxygens (including phenoxy) is 1. The third-order valence-electron chi connectivity index (χ3n) is 6.57.